The summed E-state index contributed by atoms with van der Waals surface area (Å²) in [5, 5.41) is 4.38. The van der Waals surface area contributed by atoms with Gasteiger partial charge in [0, 0.05) is 10.7 Å². The largest absolute Gasteiger partial charge is 0.465 e. The van der Waals surface area contributed by atoms with Gasteiger partial charge in [-0.25, -0.2) is 4.79 Å². The Labute approximate surface area is 144 Å². The van der Waals surface area contributed by atoms with Gasteiger partial charge in [0.25, 0.3) is 0 Å². The summed E-state index contributed by atoms with van der Waals surface area (Å²) in [4.78, 5) is 31.8. The van der Waals surface area contributed by atoms with Crippen LogP contribution in [0.4, 0.5) is 0 Å². The number of hydrogen-bond acceptors (Lipinski definition) is 5. The van der Waals surface area contributed by atoms with Gasteiger partial charge in [-0.1, -0.05) is 28.9 Å². The van der Waals surface area contributed by atoms with Gasteiger partial charge in [-0.05, 0) is 37.1 Å². The molecule has 0 aliphatic rings. The fourth-order valence-corrected chi connectivity index (χ4v) is 2.38. The van der Waals surface area contributed by atoms with Crippen LogP contribution in [0.2, 0.25) is 5.02 Å². The van der Waals surface area contributed by atoms with Gasteiger partial charge >= 0.3 is 5.97 Å². The molecule has 0 aliphatic heterocycles. The number of H-pyrrole nitrogens is 1. The molecule has 0 saturated heterocycles. The minimum Gasteiger partial charge on any atom is -0.465 e. The molecule has 24 heavy (non-hydrogen) atoms. The summed E-state index contributed by atoms with van der Waals surface area (Å²) >= 11 is 5.79. The number of hydrogen-bond donors (Lipinski definition) is 1. The minimum absolute atomic E-state index is 0.245. The number of aromatic nitrogens is 1. The number of esters is 1. The predicted molar refractivity (Wildman–Crippen MR) is 90.9 cm³/mol. The van der Waals surface area contributed by atoms with Crippen molar-refractivity contribution in [2.45, 2.75) is 13.8 Å². The minimum atomic E-state index is -0.484. The van der Waals surface area contributed by atoms with Crippen molar-refractivity contribution in [2.24, 2.45) is 5.16 Å². The Morgan fingerprint density at radius 2 is 1.92 bits per heavy atom. The number of nitrogens with zero attached hydrogens (tertiary/aromatic N) is 1. The summed E-state index contributed by atoms with van der Waals surface area (Å²) in [6, 6.07) is 7.01. The number of benzene rings is 1. The molecule has 1 heterocycles. The number of oxime groups is 1. The fourth-order valence-electron chi connectivity index (χ4n) is 2.25. The first kappa shape index (κ1) is 17.7. The van der Waals surface area contributed by atoms with Crippen molar-refractivity contribution in [3.05, 3.63) is 57.4 Å². The Bertz CT molecular complexity index is 779. The molecule has 0 unspecified atom stereocenters. The van der Waals surface area contributed by atoms with Gasteiger partial charge in [-0.15, -0.1) is 0 Å². The quantitative estimate of drug-likeness (QED) is 0.376. The number of nitrogens with one attached hydrogen (secondary N) is 1. The summed E-state index contributed by atoms with van der Waals surface area (Å²) in [6.45, 7) is 3.14. The molecule has 0 atom stereocenters. The van der Waals surface area contributed by atoms with Crippen molar-refractivity contribution in [3.63, 3.8) is 0 Å². The molecule has 0 amide bonds. The van der Waals surface area contributed by atoms with Gasteiger partial charge in [0.1, 0.15) is 0 Å². The highest BCUT2D eigenvalue weighted by molar-refractivity contribution is 6.30. The van der Waals surface area contributed by atoms with E-state index >= 15 is 0 Å². The van der Waals surface area contributed by atoms with E-state index in [2.05, 4.69) is 10.1 Å². The lowest BCUT2D eigenvalue weighted by Gasteiger charge is -2.01. The van der Waals surface area contributed by atoms with Crippen LogP contribution in [-0.4, -0.2) is 36.7 Å². The number of halogens is 1. The SMILES string of the molecule is COC(=O)c1c(C)[nH]c(C(=O)CO/N=C/c2ccc(Cl)cc2)c1C. The Morgan fingerprint density at radius 3 is 2.54 bits per heavy atom. The third-order valence-corrected chi connectivity index (χ3v) is 3.70. The van der Waals surface area contributed by atoms with E-state index in [1.807, 2.05) is 0 Å². The first-order valence-corrected chi connectivity index (χ1v) is 7.53. The third-order valence-electron chi connectivity index (χ3n) is 3.45. The first-order valence-electron chi connectivity index (χ1n) is 7.15. The van der Waals surface area contributed by atoms with Gasteiger partial charge in [0.05, 0.1) is 24.6 Å². The number of carbonyl (C=O) groups is 2. The molecule has 0 bridgehead atoms. The van der Waals surface area contributed by atoms with E-state index in [-0.39, 0.29) is 12.4 Å². The molecule has 0 fully saturated rings. The first-order chi connectivity index (χ1) is 11.4. The number of ether oxygens (including phenoxy) is 1. The van der Waals surface area contributed by atoms with Crippen LogP contribution in [0.1, 0.15) is 37.7 Å². The van der Waals surface area contributed by atoms with Crippen molar-refractivity contribution in [3.8, 4) is 0 Å². The standard InChI is InChI=1S/C17H17ClN2O4/c1-10-15(17(22)23-3)11(2)20-16(10)14(21)9-24-19-8-12-4-6-13(18)7-5-12/h4-8,20H,9H2,1-3H3/b19-8+. The lowest BCUT2D eigenvalue weighted by Crippen LogP contribution is -2.09. The molecule has 126 valence electrons. The summed E-state index contributed by atoms with van der Waals surface area (Å²) in [5.74, 6) is -0.791. The lowest BCUT2D eigenvalue weighted by atomic mass is 10.1. The van der Waals surface area contributed by atoms with Crippen LogP contribution in [0.5, 0.6) is 0 Å². The Balaban J connectivity index is 2.00. The highest BCUT2D eigenvalue weighted by atomic mass is 35.5. The van der Waals surface area contributed by atoms with Crippen molar-refractivity contribution in [1.29, 1.82) is 0 Å². The Morgan fingerprint density at radius 1 is 1.25 bits per heavy atom. The van der Waals surface area contributed by atoms with E-state index in [9.17, 15) is 9.59 Å². The summed E-state index contributed by atoms with van der Waals surface area (Å²) < 4.78 is 4.71. The number of carbonyl (C=O) groups excluding carboxylic acids is 2. The maximum Gasteiger partial charge on any atom is 0.339 e. The maximum absolute atomic E-state index is 12.2. The molecule has 1 aromatic heterocycles. The molecular formula is C17H17ClN2O4. The zero-order valence-corrected chi connectivity index (χ0v) is 14.3. The fraction of sp³-hybridized carbons (Fsp3) is 0.235. The van der Waals surface area contributed by atoms with Crippen LogP contribution < -0.4 is 0 Å². The van der Waals surface area contributed by atoms with E-state index < -0.39 is 5.97 Å². The van der Waals surface area contributed by atoms with Crippen LogP contribution in [0.15, 0.2) is 29.4 Å². The zero-order valence-electron chi connectivity index (χ0n) is 13.6. The monoisotopic (exact) mass is 348 g/mol. The second-order valence-electron chi connectivity index (χ2n) is 5.10. The van der Waals surface area contributed by atoms with E-state index in [1.165, 1.54) is 13.3 Å². The molecule has 0 aliphatic carbocycles. The molecule has 1 N–H and O–H groups in total. The molecule has 0 radical (unpaired) electrons. The second-order valence-corrected chi connectivity index (χ2v) is 5.54. The average Bonchev–Trinajstić information content (AvgIpc) is 2.87. The molecular weight excluding hydrogens is 332 g/mol. The van der Waals surface area contributed by atoms with Gasteiger partial charge in [0.2, 0.25) is 5.78 Å². The molecule has 6 nitrogen and oxygen atoms in total. The normalized spacial score (nSPS) is 10.8. The van der Waals surface area contributed by atoms with Gasteiger partial charge in [0.15, 0.2) is 6.61 Å². The molecule has 2 aromatic rings. The number of aryl methyl sites for hydroxylation is 1. The van der Waals surface area contributed by atoms with Crippen molar-refractivity contribution < 1.29 is 19.2 Å². The second kappa shape index (κ2) is 7.79. The molecule has 1 aromatic carbocycles. The smallest absolute Gasteiger partial charge is 0.339 e. The number of ketones is 1. The molecule has 7 heteroatoms. The summed E-state index contributed by atoms with van der Waals surface area (Å²) in [7, 11) is 1.30. The van der Waals surface area contributed by atoms with Crippen molar-refractivity contribution in [2.75, 3.05) is 13.7 Å². The van der Waals surface area contributed by atoms with Crippen LogP contribution in [0.25, 0.3) is 0 Å². The highest BCUT2D eigenvalue weighted by Gasteiger charge is 2.22. The van der Waals surface area contributed by atoms with Crippen LogP contribution in [0, 0.1) is 13.8 Å². The zero-order chi connectivity index (χ0) is 17.7. The molecule has 0 saturated carbocycles. The van der Waals surface area contributed by atoms with Gasteiger partial charge in [-0.2, -0.15) is 0 Å². The van der Waals surface area contributed by atoms with E-state index in [1.54, 1.807) is 38.1 Å². The lowest BCUT2D eigenvalue weighted by molar-refractivity contribution is 0.0599. The highest BCUT2D eigenvalue weighted by Crippen LogP contribution is 2.19. The van der Waals surface area contributed by atoms with E-state index in [0.29, 0.717) is 27.5 Å². The Kier molecular flexibility index (Phi) is 5.76. The van der Waals surface area contributed by atoms with Gasteiger partial charge < -0.3 is 14.6 Å². The number of aromatic amines is 1. The van der Waals surface area contributed by atoms with Gasteiger partial charge in [-0.3, -0.25) is 4.79 Å². The molecule has 0 spiro atoms. The number of rotatable bonds is 6. The van der Waals surface area contributed by atoms with Crippen LogP contribution in [0.3, 0.4) is 0 Å². The maximum atomic E-state index is 12.2. The summed E-state index contributed by atoms with van der Waals surface area (Å²) in [5.41, 5.74) is 2.59. The molecule has 2 rings (SSSR count). The van der Waals surface area contributed by atoms with E-state index in [0.717, 1.165) is 5.56 Å². The predicted octanol–water partition coefficient (Wildman–Crippen LogP) is 3.30. The third kappa shape index (κ3) is 4.02. The van der Waals surface area contributed by atoms with Crippen LogP contribution >= 0.6 is 11.6 Å². The topological polar surface area (TPSA) is 80.8 Å². The number of Topliss-reactive ketones (excluding diaryl/α,β-unsaturated/α-hetero) is 1. The Hall–Kier alpha value is -2.60. The van der Waals surface area contributed by atoms with Crippen molar-refractivity contribution in [1.82, 2.24) is 4.98 Å². The summed E-state index contributed by atoms with van der Waals surface area (Å²) in [6.07, 6.45) is 1.48. The van der Waals surface area contributed by atoms with Crippen LogP contribution in [-0.2, 0) is 9.57 Å². The van der Waals surface area contributed by atoms with Crippen molar-refractivity contribution >= 4 is 29.6 Å². The van der Waals surface area contributed by atoms with E-state index in [4.69, 9.17) is 21.2 Å². The number of methoxy groups -OCH3 is 1. The average molecular weight is 349 g/mol.